The molecule has 0 heterocycles. The van der Waals surface area contributed by atoms with Crippen molar-refractivity contribution in [3.8, 4) is 17.2 Å². The van der Waals surface area contributed by atoms with Crippen molar-refractivity contribution in [2.45, 2.75) is 20.3 Å². The van der Waals surface area contributed by atoms with Crippen molar-refractivity contribution in [3.05, 3.63) is 17.7 Å². The van der Waals surface area contributed by atoms with Gasteiger partial charge in [0.2, 0.25) is 0 Å². The average molecular weight is 210 g/mol. The Balaban J connectivity index is 3.04. The number of rotatable bonds is 3. The summed E-state index contributed by atoms with van der Waals surface area (Å²) in [6.07, 6.45) is 0.289. The number of hydrogen-bond donors (Lipinski definition) is 3. The van der Waals surface area contributed by atoms with E-state index in [0.29, 0.717) is 0 Å². The van der Waals surface area contributed by atoms with Gasteiger partial charge in [-0.3, -0.25) is 4.79 Å². The number of carbonyl (C=O) groups is 1. The van der Waals surface area contributed by atoms with E-state index >= 15 is 0 Å². The molecule has 0 aromatic heterocycles. The molecule has 0 bridgehead atoms. The Morgan fingerprint density at radius 3 is 2.20 bits per heavy atom. The minimum Gasteiger partial charge on any atom is -0.507 e. The maximum absolute atomic E-state index is 11.6. The number of benzene rings is 1. The van der Waals surface area contributed by atoms with E-state index in [2.05, 4.69) is 0 Å². The predicted octanol–water partition coefficient (Wildman–Crippen LogP) is 2.03. The Kier molecular flexibility index (Phi) is 3.19. The number of aromatic hydroxyl groups is 3. The van der Waals surface area contributed by atoms with E-state index in [1.807, 2.05) is 13.8 Å². The van der Waals surface area contributed by atoms with Crippen LogP contribution in [-0.2, 0) is 0 Å². The van der Waals surface area contributed by atoms with E-state index in [1.54, 1.807) is 0 Å². The van der Waals surface area contributed by atoms with E-state index in [-0.39, 0.29) is 29.4 Å². The summed E-state index contributed by atoms with van der Waals surface area (Å²) >= 11 is 0. The van der Waals surface area contributed by atoms with Crippen LogP contribution in [0.5, 0.6) is 17.2 Å². The fourth-order valence-electron chi connectivity index (χ4n) is 1.27. The van der Waals surface area contributed by atoms with Crippen LogP contribution < -0.4 is 0 Å². The zero-order valence-electron chi connectivity index (χ0n) is 8.69. The fourth-order valence-corrected chi connectivity index (χ4v) is 1.27. The third kappa shape index (κ3) is 2.62. The van der Waals surface area contributed by atoms with Gasteiger partial charge in [-0.25, -0.2) is 0 Å². The van der Waals surface area contributed by atoms with Crippen LogP contribution in [0.1, 0.15) is 30.6 Å². The van der Waals surface area contributed by atoms with Crippen LogP contribution in [0.3, 0.4) is 0 Å². The van der Waals surface area contributed by atoms with E-state index in [1.165, 1.54) is 0 Å². The molecule has 0 radical (unpaired) electrons. The standard InChI is InChI=1S/C11H14O4/c1-6(2)3-8(12)7-4-10(14)11(15)5-9(7)13/h4-6,13-15H,3H2,1-2H3. The van der Waals surface area contributed by atoms with Crippen LogP contribution in [-0.4, -0.2) is 21.1 Å². The maximum atomic E-state index is 11.6. The Morgan fingerprint density at radius 2 is 1.67 bits per heavy atom. The monoisotopic (exact) mass is 210 g/mol. The molecule has 1 rings (SSSR count). The highest BCUT2D eigenvalue weighted by Gasteiger charge is 2.15. The average Bonchev–Trinajstić information content (AvgIpc) is 2.09. The zero-order valence-corrected chi connectivity index (χ0v) is 8.69. The lowest BCUT2D eigenvalue weighted by Crippen LogP contribution is -2.03. The summed E-state index contributed by atoms with van der Waals surface area (Å²) in [6.45, 7) is 3.77. The summed E-state index contributed by atoms with van der Waals surface area (Å²) in [7, 11) is 0. The van der Waals surface area contributed by atoms with Crippen LogP contribution in [0.25, 0.3) is 0 Å². The number of ketones is 1. The molecule has 4 heteroatoms. The number of Topliss-reactive ketones (excluding diaryl/α,β-unsaturated/α-hetero) is 1. The van der Waals surface area contributed by atoms with Gasteiger partial charge in [0.25, 0.3) is 0 Å². The molecular formula is C11H14O4. The van der Waals surface area contributed by atoms with Gasteiger partial charge in [-0.2, -0.15) is 0 Å². The van der Waals surface area contributed by atoms with Gasteiger partial charge >= 0.3 is 0 Å². The molecule has 4 nitrogen and oxygen atoms in total. The summed E-state index contributed by atoms with van der Waals surface area (Å²) in [6, 6.07) is 2.04. The number of hydrogen-bond acceptors (Lipinski definition) is 4. The highest BCUT2D eigenvalue weighted by molar-refractivity contribution is 5.99. The van der Waals surface area contributed by atoms with E-state index in [9.17, 15) is 15.0 Å². The Hall–Kier alpha value is -1.71. The quantitative estimate of drug-likeness (QED) is 0.405. The highest BCUT2D eigenvalue weighted by atomic mass is 16.3. The first kappa shape index (κ1) is 11.4. The van der Waals surface area contributed by atoms with E-state index < -0.39 is 11.5 Å². The van der Waals surface area contributed by atoms with Gasteiger partial charge in [-0.05, 0) is 12.0 Å². The molecule has 0 saturated carbocycles. The van der Waals surface area contributed by atoms with E-state index in [4.69, 9.17) is 5.11 Å². The molecule has 0 atom stereocenters. The van der Waals surface area contributed by atoms with Gasteiger partial charge in [0.1, 0.15) is 5.75 Å². The highest BCUT2D eigenvalue weighted by Crippen LogP contribution is 2.33. The molecule has 3 N–H and O–H groups in total. The molecule has 0 aliphatic rings. The molecule has 1 aromatic carbocycles. The van der Waals surface area contributed by atoms with Crippen LogP contribution in [0.2, 0.25) is 0 Å². The molecule has 15 heavy (non-hydrogen) atoms. The van der Waals surface area contributed by atoms with Crippen molar-refractivity contribution in [3.63, 3.8) is 0 Å². The summed E-state index contributed by atoms with van der Waals surface area (Å²) in [5.41, 5.74) is 0.0407. The number of carbonyl (C=O) groups excluding carboxylic acids is 1. The van der Waals surface area contributed by atoms with Crippen molar-refractivity contribution in [2.24, 2.45) is 5.92 Å². The van der Waals surface area contributed by atoms with Crippen LogP contribution in [0.15, 0.2) is 12.1 Å². The van der Waals surface area contributed by atoms with Crippen LogP contribution >= 0.6 is 0 Å². The summed E-state index contributed by atoms with van der Waals surface area (Å²) in [5, 5.41) is 27.7. The number of phenolic OH excluding ortho intramolecular Hbond substituents is 3. The smallest absolute Gasteiger partial charge is 0.166 e. The van der Waals surface area contributed by atoms with Crippen molar-refractivity contribution < 1.29 is 20.1 Å². The van der Waals surface area contributed by atoms with Crippen LogP contribution in [0, 0.1) is 5.92 Å². The molecule has 0 unspecified atom stereocenters. The summed E-state index contributed by atoms with van der Waals surface area (Å²) < 4.78 is 0. The minimum atomic E-state index is -0.436. The molecule has 0 spiro atoms. The van der Waals surface area contributed by atoms with Crippen LogP contribution in [0.4, 0.5) is 0 Å². The molecule has 0 saturated heterocycles. The molecule has 0 fully saturated rings. The molecule has 1 aromatic rings. The lowest BCUT2D eigenvalue weighted by atomic mass is 10.00. The second-order valence-electron chi connectivity index (χ2n) is 3.88. The molecular weight excluding hydrogens is 196 g/mol. The first-order valence-corrected chi connectivity index (χ1v) is 4.70. The second kappa shape index (κ2) is 4.21. The minimum absolute atomic E-state index is 0.0407. The third-order valence-electron chi connectivity index (χ3n) is 1.99. The number of phenols is 3. The Labute approximate surface area is 87.8 Å². The van der Waals surface area contributed by atoms with Crippen molar-refractivity contribution >= 4 is 5.78 Å². The molecule has 82 valence electrons. The first-order valence-electron chi connectivity index (χ1n) is 4.70. The second-order valence-corrected chi connectivity index (χ2v) is 3.88. The Morgan fingerprint density at radius 1 is 1.13 bits per heavy atom. The van der Waals surface area contributed by atoms with Crippen molar-refractivity contribution in [1.29, 1.82) is 0 Å². The molecule has 0 aliphatic carbocycles. The van der Waals surface area contributed by atoms with Gasteiger partial charge in [0.15, 0.2) is 17.3 Å². The third-order valence-corrected chi connectivity index (χ3v) is 1.99. The SMILES string of the molecule is CC(C)CC(=O)c1cc(O)c(O)cc1O. The summed E-state index contributed by atoms with van der Waals surface area (Å²) in [4.78, 5) is 11.6. The van der Waals surface area contributed by atoms with Gasteiger partial charge < -0.3 is 15.3 Å². The lowest BCUT2D eigenvalue weighted by Gasteiger charge is -2.07. The normalized spacial score (nSPS) is 10.6. The maximum Gasteiger partial charge on any atom is 0.166 e. The van der Waals surface area contributed by atoms with Gasteiger partial charge in [-0.1, -0.05) is 13.8 Å². The first-order chi connectivity index (χ1) is 6.91. The fraction of sp³-hybridized carbons (Fsp3) is 0.364. The van der Waals surface area contributed by atoms with Crippen molar-refractivity contribution in [2.75, 3.05) is 0 Å². The predicted molar refractivity (Wildman–Crippen MR) is 55.2 cm³/mol. The van der Waals surface area contributed by atoms with Gasteiger partial charge in [0, 0.05) is 12.5 Å². The lowest BCUT2D eigenvalue weighted by molar-refractivity contribution is 0.0965. The van der Waals surface area contributed by atoms with Gasteiger partial charge in [0.05, 0.1) is 5.56 Å². The topological polar surface area (TPSA) is 77.8 Å². The molecule has 0 amide bonds. The zero-order chi connectivity index (χ0) is 11.6. The largest absolute Gasteiger partial charge is 0.507 e. The summed E-state index contributed by atoms with van der Waals surface area (Å²) in [5.74, 6) is -1.23. The Bertz CT molecular complexity index is 382. The van der Waals surface area contributed by atoms with Crippen molar-refractivity contribution in [1.82, 2.24) is 0 Å². The van der Waals surface area contributed by atoms with Gasteiger partial charge in [-0.15, -0.1) is 0 Å². The molecule has 0 aliphatic heterocycles. The van der Waals surface area contributed by atoms with E-state index in [0.717, 1.165) is 12.1 Å².